The molecule has 2 rings (SSSR count). The number of halogens is 1. The second-order valence-electron chi connectivity index (χ2n) is 3.83. The van der Waals surface area contributed by atoms with E-state index in [1.54, 1.807) is 6.34 Å². The predicted molar refractivity (Wildman–Crippen MR) is 75.3 cm³/mol. The van der Waals surface area contributed by atoms with Crippen molar-refractivity contribution in [2.75, 3.05) is 14.1 Å². The van der Waals surface area contributed by atoms with E-state index in [1.807, 2.05) is 38.2 Å². The first-order valence-electron chi connectivity index (χ1n) is 4.90. The fourth-order valence-electron chi connectivity index (χ4n) is 1.45. The summed E-state index contributed by atoms with van der Waals surface area (Å²) in [6.45, 7) is 0. The van der Waals surface area contributed by atoms with Crippen LogP contribution in [-0.2, 0) is 7.05 Å². The molecule has 2 aromatic rings. The Bertz CT molecular complexity index is 542. The largest absolute Gasteiger partial charge is 0.369 e. The molecule has 0 saturated carbocycles. The smallest absolute Gasteiger partial charge is 0.154 e. The van der Waals surface area contributed by atoms with Gasteiger partial charge in [-0.15, -0.1) is 0 Å². The Hall–Kier alpha value is -1.11. The molecule has 0 unspecified atom stereocenters. The Morgan fingerprint density at radius 2 is 2.19 bits per heavy atom. The van der Waals surface area contributed by atoms with Crippen molar-refractivity contribution in [3.8, 4) is 0 Å². The van der Waals surface area contributed by atoms with Crippen LogP contribution in [0.5, 0.6) is 0 Å². The minimum Gasteiger partial charge on any atom is -0.369 e. The highest BCUT2D eigenvalue weighted by atomic mass is 127. The third kappa shape index (κ3) is 2.18. The van der Waals surface area contributed by atoms with Crippen molar-refractivity contribution in [3.63, 3.8) is 0 Å². The van der Waals surface area contributed by atoms with E-state index in [2.05, 4.69) is 43.3 Å². The van der Waals surface area contributed by atoms with E-state index in [9.17, 15) is 0 Å². The number of rotatable bonds is 2. The van der Waals surface area contributed by atoms with Gasteiger partial charge in [-0.2, -0.15) is 0 Å². The van der Waals surface area contributed by atoms with Gasteiger partial charge in [-0.25, -0.2) is 9.98 Å². The SMILES string of the molecule is CN(C)/C=N/c1ccc2c(n1)c(I)cn2C. The summed E-state index contributed by atoms with van der Waals surface area (Å²) in [4.78, 5) is 10.7. The normalized spacial score (nSPS) is 11.5. The summed E-state index contributed by atoms with van der Waals surface area (Å²) < 4.78 is 3.22. The van der Waals surface area contributed by atoms with Gasteiger partial charge in [0.1, 0.15) is 5.52 Å². The van der Waals surface area contributed by atoms with Gasteiger partial charge >= 0.3 is 0 Å². The molecule has 2 aromatic heterocycles. The van der Waals surface area contributed by atoms with Crippen molar-refractivity contribution < 1.29 is 0 Å². The number of fused-ring (bicyclic) bond motifs is 1. The maximum absolute atomic E-state index is 4.51. The molecular formula is C11H13IN4. The highest BCUT2D eigenvalue weighted by Gasteiger charge is 2.05. The van der Waals surface area contributed by atoms with Crippen LogP contribution in [0.2, 0.25) is 0 Å². The van der Waals surface area contributed by atoms with Crippen molar-refractivity contribution in [1.29, 1.82) is 0 Å². The van der Waals surface area contributed by atoms with E-state index in [0.717, 1.165) is 20.4 Å². The zero-order chi connectivity index (χ0) is 11.7. The molecule has 5 heteroatoms. The Kier molecular flexibility index (Phi) is 3.13. The summed E-state index contributed by atoms with van der Waals surface area (Å²) >= 11 is 2.29. The number of nitrogens with zero attached hydrogens (tertiary/aromatic N) is 4. The minimum atomic E-state index is 0.741. The maximum atomic E-state index is 4.51. The van der Waals surface area contributed by atoms with Crippen LogP contribution in [0.15, 0.2) is 23.3 Å². The van der Waals surface area contributed by atoms with E-state index in [0.29, 0.717) is 0 Å². The average molecular weight is 328 g/mol. The van der Waals surface area contributed by atoms with Gasteiger partial charge in [-0.05, 0) is 34.7 Å². The van der Waals surface area contributed by atoms with Crippen LogP contribution in [0.3, 0.4) is 0 Å². The van der Waals surface area contributed by atoms with Crippen LogP contribution in [0.25, 0.3) is 11.0 Å². The number of pyridine rings is 1. The predicted octanol–water partition coefficient (Wildman–Crippen LogP) is 2.40. The Morgan fingerprint density at radius 3 is 2.88 bits per heavy atom. The van der Waals surface area contributed by atoms with Gasteiger partial charge in [-0.3, -0.25) is 0 Å². The molecule has 0 N–H and O–H groups in total. The third-order valence-electron chi connectivity index (χ3n) is 2.19. The summed E-state index contributed by atoms with van der Waals surface area (Å²) in [6, 6.07) is 3.98. The lowest BCUT2D eigenvalue weighted by atomic mass is 10.4. The molecule has 0 saturated heterocycles. The van der Waals surface area contributed by atoms with Gasteiger partial charge < -0.3 is 9.47 Å². The van der Waals surface area contributed by atoms with E-state index in [-0.39, 0.29) is 0 Å². The van der Waals surface area contributed by atoms with Crippen molar-refractivity contribution in [2.45, 2.75) is 0 Å². The molecule has 16 heavy (non-hydrogen) atoms. The van der Waals surface area contributed by atoms with Crippen LogP contribution in [-0.4, -0.2) is 34.9 Å². The molecule has 0 aliphatic heterocycles. The van der Waals surface area contributed by atoms with Crippen LogP contribution in [0, 0.1) is 3.57 Å². The van der Waals surface area contributed by atoms with Crippen LogP contribution in [0.4, 0.5) is 5.82 Å². The first-order valence-corrected chi connectivity index (χ1v) is 5.98. The third-order valence-corrected chi connectivity index (χ3v) is 2.98. The minimum absolute atomic E-state index is 0.741. The van der Waals surface area contributed by atoms with Crippen molar-refractivity contribution >= 4 is 45.8 Å². The lowest BCUT2D eigenvalue weighted by Gasteiger charge is -2.02. The number of aliphatic imine (C=N–C) groups is 1. The van der Waals surface area contributed by atoms with Crippen molar-refractivity contribution in [3.05, 3.63) is 21.9 Å². The Balaban J connectivity index is 2.47. The zero-order valence-electron chi connectivity index (χ0n) is 9.48. The van der Waals surface area contributed by atoms with E-state index in [4.69, 9.17) is 0 Å². The summed E-state index contributed by atoms with van der Waals surface area (Å²) in [5, 5.41) is 0. The van der Waals surface area contributed by atoms with E-state index in [1.165, 1.54) is 0 Å². The van der Waals surface area contributed by atoms with Gasteiger partial charge in [0, 0.05) is 27.3 Å². The molecule has 0 aromatic carbocycles. The van der Waals surface area contributed by atoms with Gasteiger partial charge in [0.2, 0.25) is 0 Å². The summed E-state index contributed by atoms with van der Waals surface area (Å²) in [5.74, 6) is 0.741. The van der Waals surface area contributed by atoms with Crippen LogP contribution < -0.4 is 0 Å². The second kappa shape index (κ2) is 4.40. The zero-order valence-corrected chi connectivity index (χ0v) is 11.6. The standard InChI is InChI=1S/C11H13IN4/c1-15(2)7-13-10-5-4-9-11(14-10)8(12)6-16(9)3/h4-7H,1-3H3/b13-7+. The van der Waals surface area contributed by atoms with Crippen LogP contribution >= 0.6 is 22.6 Å². The van der Waals surface area contributed by atoms with Gasteiger partial charge in [-0.1, -0.05) is 0 Å². The molecule has 4 nitrogen and oxygen atoms in total. The molecular weight excluding hydrogens is 315 g/mol. The quantitative estimate of drug-likeness (QED) is 0.482. The molecule has 0 fully saturated rings. The molecule has 0 aliphatic carbocycles. The highest BCUT2D eigenvalue weighted by Crippen LogP contribution is 2.22. The monoisotopic (exact) mass is 328 g/mol. The number of aromatic nitrogens is 2. The first kappa shape index (κ1) is 11.4. The number of hydrogen-bond donors (Lipinski definition) is 0. The number of aryl methyl sites for hydroxylation is 1. The Labute approximate surface area is 108 Å². The number of hydrogen-bond acceptors (Lipinski definition) is 2. The average Bonchev–Trinajstić information content (AvgIpc) is 2.52. The Morgan fingerprint density at radius 1 is 1.44 bits per heavy atom. The molecule has 0 spiro atoms. The van der Waals surface area contributed by atoms with Gasteiger partial charge in [0.05, 0.1) is 15.4 Å². The maximum Gasteiger partial charge on any atom is 0.154 e. The lowest BCUT2D eigenvalue weighted by molar-refractivity contribution is 0.643. The molecule has 0 atom stereocenters. The summed E-state index contributed by atoms with van der Waals surface area (Å²) in [7, 11) is 5.90. The van der Waals surface area contributed by atoms with Crippen LogP contribution in [0.1, 0.15) is 0 Å². The van der Waals surface area contributed by atoms with Crippen molar-refractivity contribution in [2.24, 2.45) is 12.0 Å². The van der Waals surface area contributed by atoms with Crippen molar-refractivity contribution in [1.82, 2.24) is 14.5 Å². The molecule has 2 heterocycles. The molecule has 0 amide bonds. The molecule has 84 valence electrons. The molecule has 0 aliphatic rings. The van der Waals surface area contributed by atoms with E-state index < -0.39 is 0 Å². The molecule has 0 bridgehead atoms. The fraction of sp³-hybridized carbons (Fsp3) is 0.273. The lowest BCUT2D eigenvalue weighted by Crippen LogP contribution is -2.07. The summed E-state index contributed by atoms with van der Waals surface area (Å²) in [6.07, 6.45) is 3.82. The first-order chi connectivity index (χ1) is 7.58. The molecule has 0 radical (unpaired) electrons. The van der Waals surface area contributed by atoms with E-state index >= 15 is 0 Å². The second-order valence-corrected chi connectivity index (χ2v) is 5.00. The van der Waals surface area contributed by atoms with Gasteiger partial charge in [0.15, 0.2) is 5.82 Å². The topological polar surface area (TPSA) is 33.4 Å². The fourth-order valence-corrected chi connectivity index (χ4v) is 2.26. The van der Waals surface area contributed by atoms with Gasteiger partial charge in [0.25, 0.3) is 0 Å². The highest BCUT2D eigenvalue weighted by molar-refractivity contribution is 14.1. The summed E-state index contributed by atoms with van der Waals surface area (Å²) in [5.41, 5.74) is 2.14.